The van der Waals surface area contributed by atoms with Crippen LogP contribution in [0.4, 0.5) is 0 Å². The molecule has 0 fully saturated rings. The first-order valence-corrected chi connectivity index (χ1v) is 36.2. The van der Waals surface area contributed by atoms with Crippen molar-refractivity contribution in [3.63, 3.8) is 0 Å². The number of allylic oxidation sites excluding steroid dienone is 2. The first-order chi connectivity index (χ1) is 55.1. The third-order valence-corrected chi connectivity index (χ3v) is 20.2. The summed E-state index contributed by atoms with van der Waals surface area (Å²) in [6.45, 7) is 7.02. The number of para-hydroxylation sites is 3. The maximum atomic E-state index is 10.0. The van der Waals surface area contributed by atoms with Crippen molar-refractivity contribution in [3.8, 4) is 73.5 Å². The van der Waals surface area contributed by atoms with Crippen molar-refractivity contribution >= 4 is 79.8 Å². The summed E-state index contributed by atoms with van der Waals surface area (Å²) < 4.78 is 68.2. The van der Waals surface area contributed by atoms with E-state index in [1.165, 1.54) is 94.4 Å². The number of carbonyl (C=O) groups is 1. The molecule has 0 aliphatic carbocycles. The van der Waals surface area contributed by atoms with Crippen LogP contribution < -0.4 is 13.7 Å². The number of nitrogens with zero attached hydrogens (tertiary/aromatic N) is 8. The van der Waals surface area contributed by atoms with E-state index in [0.29, 0.717) is 5.56 Å². The van der Waals surface area contributed by atoms with Gasteiger partial charge in [0.1, 0.15) is 6.54 Å². The van der Waals surface area contributed by atoms with Gasteiger partial charge in [0.25, 0.3) is 0 Å². The summed E-state index contributed by atoms with van der Waals surface area (Å²) in [5.41, 5.74) is 17.2. The van der Waals surface area contributed by atoms with E-state index in [-0.39, 0.29) is 112 Å². The molecule has 3 aliphatic rings. The zero-order chi connectivity index (χ0) is 78.2. The Bertz CT molecular complexity index is 6560. The minimum absolute atomic E-state index is 0. The van der Waals surface area contributed by atoms with Gasteiger partial charge in [-0.15, -0.1) is 107 Å². The van der Waals surface area contributed by atoms with Gasteiger partial charge in [-0.25, -0.2) is 4.57 Å². The average Bonchev–Trinajstić information content (AvgIpc) is 1.59. The molecule has 0 amide bonds. The van der Waals surface area contributed by atoms with Crippen LogP contribution in [0.25, 0.3) is 125 Å². The van der Waals surface area contributed by atoms with Gasteiger partial charge in [-0.1, -0.05) is 145 Å². The number of carbonyl (C=O) groups excluding carboxylic acids is 1. The first kappa shape index (κ1) is 65.8. The van der Waals surface area contributed by atoms with E-state index in [9.17, 15) is 4.79 Å². The van der Waals surface area contributed by atoms with Crippen LogP contribution in [0.2, 0.25) is 0 Å². The molecule has 0 saturated carbocycles. The van der Waals surface area contributed by atoms with Gasteiger partial charge in [0, 0.05) is 143 Å². The molecule has 10 aromatic carbocycles. The van der Waals surface area contributed by atoms with E-state index in [1.54, 1.807) is 10.8 Å². The number of aliphatic hydroxyl groups is 1. The molecule has 11 heterocycles. The molecule has 0 unspecified atom stereocenters. The topological polar surface area (TPSA) is 105 Å². The van der Waals surface area contributed by atoms with Crippen LogP contribution in [0.1, 0.15) is 45.8 Å². The summed E-state index contributed by atoms with van der Waals surface area (Å²) in [6.07, 6.45) is 10.5. The number of hydrogen-bond acceptors (Lipinski definition) is 8. The molecule has 0 atom stereocenters. The second-order valence-electron chi connectivity index (χ2n) is 25.0. The van der Waals surface area contributed by atoms with Gasteiger partial charge in [-0.2, -0.15) is 20.5 Å². The number of thiophene rings is 2. The Kier molecular flexibility index (Phi) is 21.4. The standard InChI is InChI=1S/C19H13N2.C18H12NS.C17H10NS.C12H11N2.C12H10N.C11H8N.C5H8O2.2Ir/c1-3-9-15(10-4-1)19-20-17-13-7-8-14-18(17)21(19)16-11-5-2-6-12-16;1-2-7-16-13(5-1)14-9-8-12-11-19-10-4-3-6-15(19)17(12)18(14)20-16;1-2-10-16-12(6-1)13-7-5-8-14(17(13)19-16)15-9-3-4-11-18-15;1-9-6-7-14-8-10-4-2-3-5-11(10)12(14)13-9;1-2-6-11-10(5-1)9-13-8-4-3-7-12(11)13;1-2-6-10(7-3-1)11-8-4-5-9-12-11;1-4(6)3-5(2)7;;/h1-9,11-14H;1-10H,11H2;1-7,9-11H;2-7H,8H2,1H3;1-8H,9H2;1-6,8-9H;3,6H,1-2H3;;/q-1;+1;-1;2*+1;-1;;;/i;;;;1D,2D,3D,4D,5D,6D,7D;;;;. The number of hydrogen-bond donors (Lipinski definition) is 1. The number of aryl methyl sites for hydroxylation is 1. The maximum Gasteiger partial charge on any atom is 0.331 e. The molecule has 0 bridgehead atoms. The molecule has 18 aromatic rings. The molecule has 2 radical (unpaired) electrons. The number of ketones is 1. The van der Waals surface area contributed by atoms with Crippen LogP contribution in [0, 0.1) is 25.1 Å². The van der Waals surface area contributed by atoms with Crippen LogP contribution in [0.15, 0.2) is 346 Å². The van der Waals surface area contributed by atoms with Gasteiger partial charge in [0.15, 0.2) is 37.0 Å². The third kappa shape index (κ3) is 16.8. The number of aliphatic hydroxyl groups excluding tert-OH is 1. The van der Waals surface area contributed by atoms with Crippen molar-refractivity contribution in [1.82, 2.24) is 24.5 Å². The van der Waals surface area contributed by atoms with Crippen LogP contribution in [-0.4, -0.2) is 35.4 Å². The zero-order valence-corrected chi connectivity index (χ0v) is 65.3. The number of fused-ring (bicyclic) bond motifs is 17. The van der Waals surface area contributed by atoms with Crippen LogP contribution in [0.5, 0.6) is 0 Å². The second kappa shape index (κ2) is 35.1. The Morgan fingerprint density at radius 3 is 1.83 bits per heavy atom. The van der Waals surface area contributed by atoms with Crippen molar-refractivity contribution in [2.24, 2.45) is 0 Å². The Morgan fingerprint density at radius 1 is 0.491 bits per heavy atom. The Morgan fingerprint density at radius 2 is 1.11 bits per heavy atom. The van der Waals surface area contributed by atoms with Crippen molar-refractivity contribution in [2.75, 3.05) is 0 Å². The normalized spacial score (nSPS) is 12.2. The van der Waals surface area contributed by atoms with Gasteiger partial charge in [-0.3, -0.25) is 9.78 Å². The monoisotopic (exact) mass is 1800 g/mol. The maximum absolute atomic E-state index is 10.0. The number of aromatic nitrogens is 8. The largest absolute Gasteiger partial charge is 0.512 e. The van der Waals surface area contributed by atoms with E-state index < -0.39 is 0 Å². The fourth-order valence-electron chi connectivity index (χ4n) is 13.0. The summed E-state index contributed by atoms with van der Waals surface area (Å²) >= 11 is 3.73. The van der Waals surface area contributed by atoms with Gasteiger partial charge in [-0.05, 0) is 113 Å². The Labute approximate surface area is 673 Å². The Hall–Kier alpha value is -11.7. The first-order valence-electron chi connectivity index (χ1n) is 38.0. The molecule has 0 saturated heterocycles. The molecule has 0 spiro atoms. The van der Waals surface area contributed by atoms with E-state index in [1.807, 2.05) is 163 Å². The fraction of sp³-hybridized carbons (Fsp3) is 0.0638. The second-order valence-corrected chi connectivity index (χ2v) is 27.1. The molecular formula is C94H72Ir2N8O2S2. The van der Waals surface area contributed by atoms with Crippen molar-refractivity contribution in [1.29, 1.82) is 0 Å². The predicted molar refractivity (Wildman–Crippen MR) is 431 cm³/mol. The number of pyridine rings is 4. The molecule has 14 heteroatoms. The summed E-state index contributed by atoms with van der Waals surface area (Å²) in [5, 5.41) is 13.7. The van der Waals surface area contributed by atoms with Gasteiger partial charge < -0.3 is 19.6 Å². The van der Waals surface area contributed by atoms with Crippen LogP contribution in [0.3, 0.4) is 0 Å². The molecule has 3 aliphatic heterocycles. The quantitative estimate of drug-likeness (QED) is 0.0796. The van der Waals surface area contributed by atoms with Crippen LogP contribution in [-0.2, 0) is 64.6 Å². The molecule has 1 N–H and O–H groups in total. The predicted octanol–water partition coefficient (Wildman–Crippen LogP) is 21.1. The van der Waals surface area contributed by atoms with E-state index in [0.717, 1.165) is 75.2 Å². The number of rotatable bonds is 5. The summed E-state index contributed by atoms with van der Waals surface area (Å²) in [6, 6.07) is 97.3. The zero-order valence-electron chi connectivity index (χ0n) is 65.8. The number of benzene rings is 10. The smallest absolute Gasteiger partial charge is 0.331 e. The summed E-state index contributed by atoms with van der Waals surface area (Å²) in [7, 11) is 0. The van der Waals surface area contributed by atoms with Crippen molar-refractivity contribution in [2.45, 2.75) is 40.4 Å². The van der Waals surface area contributed by atoms with Crippen molar-refractivity contribution in [3.05, 3.63) is 387 Å². The Balaban J connectivity index is 0.000000119. The average molecular weight is 1800 g/mol. The summed E-state index contributed by atoms with van der Waals surface area (Å²) in [5.74, 6) is 1.95. The van der Waals surface area contributed by atoms with Gasteiger partial charge in [0.2, 0.25) is 11.4 Å². The SMILES string of the molecule is CC(=O)C=C(C)O.Cc1cc[n+]2c(n1)-c1ccccc1C2.[2H]c1c[n+]2c(c([2H])c1[2H])-c1c([2H])c([2H])c([2H])c([2H])c1C2.[Ir].[Ir].[c-]1ccc2c(sc3ccccc32)c1-c1ccccn1.[c-]1ccccc1-c1ccccn1.[c-]1ccccc1-c1nc2ccccc2n1-c1ccccc1.c1cc[n+]2c(c1)-c1c(ccc3c1sc1ccccc13)C2. The number of imidazole rings is 1. The molecule has 108 heavy (non-hydrogen) atoms. The third-order valence-electron chi connectivity index (χ3n) is 17.8. The van der Waals surface area contributed by atoms with E-state index >= 15 is 0 Å². The van der Waals surface area contributed by atoms with E-state index in [4.69, 9.17) is 19.7 Å². The summed E-state index contributed by atoms with van der Waals surface area (Å²) in [4.78, 5) is 28.0. The molecule has 10 nitrogen and oxygen atoms in total. The van der Waals surface area contributed by atoms with Gasteiger partial charge >= 0.3 is 5.82 Å². The molecular weight excluding hydrogens is 1720 g/mol. The van der Waals surface area contributed by atoms with E-state index in [2.05, 4.69) is 193 Å². The molecule has 21 rings (SSSR count). The van der Waals surface area contributed by atoms with Crippen LogP contribution >= 0.6 is 22.7 Å². The van der Waals surface area contributed by atoms with Crippen molar-refractivity contribution < 1.29 is 73.4 Å². The van der Waals surface area contributed by atoms with Gasteiger partial charge in [0.05, 0.1) is 55.1 Å². The molecule has 530 valence electrons. The minimum Gasteiger partial charge on any atom is -0.512 e. The molecule has 8 aromatic heterocycles. The fourth-order valence-corrected chi connectivity index (χ4v) is 15.5. The minimum atomic E-state index is -0.344.